The maximum atomic E-state index is 9.30. The molecule has 0 saturated carbocycles. The van der Waals surface area contributed by atoms with Gasteiger partial charge in [-0.2, -0.15) is 0 Å². The fraction of sp³-hybridized carbons (Fsp3) is 0.500. The number of anilines is 1. The average molecular weight is 305 g/mol. The highest BCUT2D eigenvalue weighted by molar-refractivity contribution is 6.08. The number of hydrogen-bond acceptors (Lipinski definition) is 7. The Bertz CT molecular complexity index is 714. The van der Waals surface area contributed by atoms with Gasteiger partial charge in [-0.25, -0.2) is 9.97 Å². The molecule has 3 atom stereocenters. The van der Waals surface area contributed by atoms with Crippen LogP contribution in [-0.2, 0) is 9.47 Å². The van der Waals surface area contributed by atoms with Gasteiger partial charge in [-0.05, 0) is 6.42 Å². The first-order chi connectivity index (χ1) is 10.6. The van der Waals surface area contributed by atoms with Crippen LogP contribution in [-0.4, -0.2) is 45.4 Å². The molecule has 0 radical (unpaired) electrons. The molecule has 4 N–H and O–H groups in total. The molecular formula is C14H19N5O3. The molecule has 0 spiro atoms. The summed E-state index contributed by atoms with van der Waals surface area (Å²) in [7, 11) is 1.43. The number of rotatable bonds is 3. The number of ether oxygens (including phenoxy) is 2. The lowest BCUT2D eigenvalue weighted by atomic mass is 10.1. The molecule has 0 aliphatic carbocycles. The standard InChI is InChI=1S/C14H19N5O3/c1-7-3-8(5-20)22-14(7)19-4-9(12(16)21-2)10-11(15)17-6-18-13(10)19/h4,6-8,14,16,20H,3,5H2,1-2H3,(H2,15,17,18)/t7-,8?,14-/m0/s1. The predicted molar refractivity (Wildman–Crippen MR) is 80.6 cm³/mol. The van der Waals surface area contributed by atoms with Crippen molar-refractivity contribution in [2.75, 3.05) is 19.5 Å². The monoisotopic (exact) mass is 305 g/mol. The third kappa shape index (κ3) is 2.20. The second-order valence-corrected chi connectivity index (χ2v) is 5.49. The summed E-state index contributed by atoms with van der Waals surface area (Å²) in [6.45, 7) is 2.04. The molecule has 0 aromatic carbocycles. The van der Waals surface area contributed by atoms with Crippen molar-refractivity contribution < 1.29 is 14.6 Å². The molecule has 1 aliphatic heterocycles. The second kappa shape index (κ2) is 5.54. The van der Waals surface area contributed by atoms with Crippen molar-refractivity contribution >= 4 is 22.7 Å². The van der Waals surface area contributed by atoms with E-state index in [1.165, 1.54) is 13.4 Å². The number of hydrogen-bond donors (Lipinski definition) is 3. The Kier molecular flexibility index (Phi) is 3.71. The van der Waals surface area contributed by atoms with E-state index in [1.807, 2.05) is 4.57 Å². The van der Waals surface area contributed by atoms with Gasteiger partial charge in [0.2, 0.25) is 5.90 Å². The van der Waals surface area contributed by atoms with Crippen LogP contribution < -0.4 is 5.73 Å². The van der Waals surface area contributed by atoms with E-state index in [9.17, 15) is 5.11 Å². The highest BCUT2D eigenvalue weighted by atomic mass is 16.5. The number of fused-ring (bicyclic) bond motifs is 1. The van der Waals surface area contributed by atoms with Crippen LogP contribution >= 0.6 is 0 Å². The van der Waals surface area contributed by atoms with E-state index in [0.29, 0.717) is 22.4 Å². The van der Waals surface area contributed by atoms with Gasteiger partial charge in [0.1, 0.15) is 24.0 Å². The second-order valence-electron chi connectivity index (χ2n) is 5.49. The van der Waals surface area contributed by atoms with Gasteiger partial charge in [0.05, 0.1) is 30.8 Å². The quantitative estimate of drug-likeness (QED) is 0.572. The minimum absolute atomic E-state index is 0.00499. The highest BCUT2D eigenvalue weighted by Gasteiger charge is 2.35. The van der Waals surface area contributed by atoms with Crippen molar-refractivity contribution in [1.82, 2.24) is 14.5 Å². The molecular weight excluding hydrogens is 286 g/mol. The molecule has 1 saturated heterocycles. The van der Waals surface area contributed by atoms with E-state index in [0.717, 1.165) is 6.42 Å². The third-order valence-electron chi connectivity index (χ3n) is 4.02. The number of nitrogens with one attached hydrogen (secondary N) is 1. The van der Waals surface area contributed by atoms with Gasteiger partial charge >= 0.3 is 0 Å². The van der Waals surface area contributed by atoms with Crippen molar-refractivity contribution in [3.8, 4) is 0 Å². The molecule has 8 heteroatoms. The Labute approximate surface area is 127 Å². The van der Waals surface area contributed by atoms with Crippen molar-refractivity contribution in [1.29, 1.82) is 5.41 Å². The van der Waals surface area contributed by atoms with Crippen LogP contribution in [0.5, 0.6) is 0 Å². The molecule has 0 bridgehead atoms. The Balaban J connectivity index is 2.15. The SMILES string of the molecule is COC(=N)c1cn([C@H]2OC(CO)C[C@@H]2C)c2ncnc(N)c12. The number of nitrogens with two attached hydrogens (primary N) is 1. The third-order valence-corrected chi connectivity index (χ3v) is 4.02. The summed E-state index contributed by atoms with van der Waals surface area (Å²) >= 11 is 0. The van der Waals surface area contributed by atoms with Crippen LogP contribution in [0.25, 0.3) is 11.0 Å². The molecule has 1 fully saturated rings. The van der Waals surface area contributed by atoms with E-state index in [4.69, 9.17) is 20.6 Å². The number of methoxy groups -OCH3 is 1. The summed E-state index contributed by atoms with van der Waals surface area (Å²) in [5, 5.41) is 17.8. The molecule has 1 unspecified atom stereocenters. The van der Waals surface area contributed by atoms with Gasteiger partial charge in [0.25, 0.3) is 0 Å². The number of nitrogens with zero attached hydrogens (tertiary/aromatic N) is 3. The predicted octanol–water partition coefficient (Wildman–Crippen LogP) is 0.901. The molecule has 118 valence electrons. The summed E-state index contributed by atoms with van der Waals surface area (Å²) < 4.78 is 12.8. The molecule has 2 aromatic heterocycles. The van der Waals surface area contributed by atoms with Gasteiger partial charge < -0.3 is 24.9 Å². The van der Waals surface area contributed by atoms with Gasteiger partial charge in [0.15, 0.2) is 0 Å². The van der Waals surface area contributed by atoms with E-state index in [1.54, 1.807) is 6.20 Å². The summed E-state index contributed by atoms with van der Waals surface area (Å²) in [5.74, 6) is 0.494. The summed E-state index contributed by atoms with van der Waals surface area (Å²) in [6.07, 6.45) is 3.44. The van der Waals surface area contributed by atoms with Gasteiger partial charge in [0, 0.05) is 12.1 Å². The first kappa shape index (κ1) is 14.7. The zero-order valence-corrected chi connectivity index (χ0v) is 12.5. The van der Waals surface area contributed by atoms with Crippen molar-refractivity contribution in [3.05, 3.63) is 18.1 Å². The van der Waals surface area contributed by atoms with Crippen LogP contribution in [0.3, 0.4) is 0 Å². The fourth-order valence-electron chi connectivity index (χ4n) is 2.96. The Morgan fingerprint density at radius 1 is 1.59 bits per heavy atom. The largest absolute Gasteiger partial charge is 0.481 e. The number of aromatic nitrogens is 3. The van der Waals surface area contributed by atoms with E-state index < -0.39 is 0 Å². The topological polar surface area (TPSA) is 119 Å². The lowest BCUT2D eigenvalue weighted by Crippen LogP contribution is -2.15. The van der Waals surface area contributed by atoms with E-state index in [2.05, 4.69) is 16.9 Å². The maximum Gasteiger partial charge on any atom is 0.215 e. The number of aliphatic hydroxyl groups excluding tert-OH is 1. The first-order valence-electron chi connectivity index (χ1n) is 7.07. The highest BCUT2D eigenvalue weighted by Crippen LogP contribution is 2.37. The molecule has 1 aliphatic rings. The zero-order valence-electron chi connectivity index (χ0n) is 12.5. The normalized spacial score (nSPS) is 24.8. The average Bonchev–Trinajstić information content (AvgIpc) is 3.08. The molecule has 8 nitrogen and oxygen atoms in total. The van der Waals surface area contributed by atoms with Crippen LogP contribution in [0.1, 0.15) is 25.1 Å². The molecule has 2 aromatic rings. The van der Waals surface area contributed by atoms with Crippen LogP contribution in [0.2, 0.25) is 0 Å². The Morgan fingerprint density at radius 2 is 2.36 bits per heavy atom. The number of nitrogen functional groups attached to an aromatic ring is 1. The van der Waals surface area contributed by atoms with E-state index in [-0.39, 0.29) is 30.8 Å². The summed E-state index contributed by atoms with van der Waals surface area (Å²) in [4.78, 5) is 8.28. The molecule has 3 rings (SSSR count). The summed E-state index contributed by atoms with van der Waals surface area (Å²) in [6, 6.07) is 0. The van der Waals surface area contributed by atoms with Crippen molar-refractivity contribution in [2.45, 2.75) is 25.7 Å². The van der Waals surface area contributed by atoms with Crippen LogP contribution in [0.4, 0.5) is 5.82 Å². The maximum absolute atomic E-state index is 9.30. The van der Waals surface area contributed by atoms with Gasteiger partial charge in [-0.15, -0.1) is 0 Å². The smallest absolute Gasteiger partial charge is 0.215 e. The zero-order chi connectivity index (χ0) is 15.9. The Morgan fingerprint density at radius 3 is 3.00 bits per heavy atom. The lowest BCUT2D eigenvalue weighted by molar-refractivity contribution is -0.0292. The minimum atomic E-state index is -0.271. The molecule has 0 amide bonds. The lowest BCUT2D eigenvalue weighted by Gasteiger charge is -2.18. The molecule has 22 heavy (non-hydrogen) atoms. The van der Waals surface area contributed by atoms with E-state index >= 15 is 0 Å². The number of aliphatic hydroxyl groups is 1. The first-order valence-corrected chi connectivity index (χ1v) is 7.07. The van der Waals surface area contributed by atoms with Crippen molar-refractivity contribution in [3.63, 3.8) is 0 Å². The van der Waals surface area contributed by atoms with Crippen molar-refractivity contribution in [2.24, 2.45) is 5.92 Å². The molecule has 3 heterocycles. The van der Waals surface area contributed by atoms with Crippen LogP contribution in [0, 0.1) is 11.3 Å². The summed E-state index contributed by atoms with van der Waals surface area (Å²) in [5.41, 5.74) is 7.08. The fourth-order valence-corrected chi connectivity index (χ4v) is 2.96. The van der Waals surface area contributed by atoms with Gasteiger partial charge in [-0.3, -0.25) is 5.41 Å². The minimum Gasteiger partial charge on any atom is -0.481 e. The van der Waals surface area contributed by atoms with Gasteiger partial charge in [-0.1, -0.05) is 6.92 Å². The Hall–Kier alpha value is -2.19. The van der Waals surface area contributed by atoms with Crippen LogP contribution in [0.15, 0.2) is 12.5 Å².